The molecule has 0 aliphatic heterocycles. The predicted molar refractivity (Wildman–Crippen MR) is 98.8 cm³/mol. The van der Waals surface area contributed by atoms with Crippen LogP contribution in [-0.4, -0.2) is 16.4 Å². The van der Waals surface area contributed by atoms with E-state index in [2.05, 4.69) is 5.32 Å². The first-order valence-corrected chi connectivity index (χ1v) is 8.66. The molecule has 1 amide bonds. The van der Waals surface area contributed by atoms with Crippen molar-refractivity contribution >= 4 is 28.4 Å². The summed E-state index contributed by atoms with van der Waals surface area (Å²) in [5, 5.41) is 3.94. The van der Waals surface area contributed by atoms with Crippen LogP contribution in [0.4, 0.5) is 5.69 Å². The fourth-order valence-electron chi connectivity index (χ4n) is 3.33. The molecule has 2 aromatic carbocycles. The first-order valence-electron chi connectivity index (χ1n) is 8.66. The summed E-state index contributed by atoms with van der Waals surface area (Å²) < 4.78 is 1.72. The molecular formula is C21H20N2O2. The molecule has 1 heterocycles. The standard InChI is InChI=1S/C21H20N2O2/c1-14-12-17-13-18(22-20(24)15-8-5-9-15)10-11-19(17)23(14)21(25)16-6-3-2-4-7-16/h2-4,6-7,10-13,15H,5,8-9H2,1H3,(H,22,24). The average Bonchev–Trinajstić information content (AvgIpc) is 2.88. The molecule has 1 aliphatic carbocycles. The number of amides is 1. The Hall–Kier alpha value is -2.88. The maximum atomic E-state index is 12.8. The molecule has 4 rings (SSSR count). The van der Waals surface area contributed by atoms with Gasteiger partial charge < -0.3 is 5.32 Å². The number of aryl methyl sites for hydroxylation is 1. The second-order valence-corrected chi connectivity index (χ2v) is 6.68. The van der Waals surface area contributed by atoms with E-state index in [1.165, 1.54) is 0 Å². The van der Waals surface area contributed by atoms with Crippen molar-refractivity contribution in [3.63, 3.8) is 0 Å². The highest BCUT2D eigenvalue weighted by Gasteiger charge is 2.25. The highest BCUT2D eigenvalue weighted by atomic mass is 16.2. The van der Waals surface area contributed by atoms with Gasteiger partial charge in [0.05, 0.1) is 5.52 Å². The van der Waals surface area contributed by atoms with Crippen molar-refractivity contribution in [3.05, 3.63) is 65.9 Å². The van der Waals surface area contributed by atoms with Crippen molar-refractivity contribution in [2.45, 2.75) is 26.2 Å². The number of fused-ring (bicyclic) bond motifs is 1. The maximum Gasteiger partial charge on any atom is 0.262 e. The highest BCUT2D eigenvalue weighted by molar-refractivity contribution is 6.04. The zero-order chi connectivity index (χ0) is 17.4. The molecule has 0 unspecified atom stereocenters. The van der Waals surface area contributed by atoms with Gasteiger partial charge in [0, 0.05) is 28.2 Å². The van der Waals surface area contributed by atoms with Crippen molar-refractivity contribution in [2.75, 3.05) is 5.32 Å². The summed E-state index contributed by atoms with van der Waals surface area (Å²) in [4.78, 5) is 25.0. The summed E-state index contributed by atoms with van der Waals surface area (Å²) >= 11 is 0. The molecule has 1 fully saturated rings. The van der Waals surface area contributed by atoms with E-state index in [0.717, 1.165) is 41.5 Å². The third kappa shape index (κ3) is 2.84. The average molecular weight is 332 g/mol. The number of hydrogen-bond donors (Lipinski definition) is 1. The van der Waals surface area contributed by atoms with Crippen LogP contribution >= 0.6 is 0 Å². The molecular weight excluding hydrogens is 312 g/mol. The minimum absolute atomic E-state index is 0.0423. The van der Waals surface area contributed by atoms with Gasteiger partial charge in [0.1, 0.15) is 0 Å². The number of carbonyl (C=O) groups excluding carboxylic acids is 2. The van der Waals surface area contributed by atoms with Crippen LogP contribution in [0.5, 0.6) is 0 Å². The van der Waals surface area contributed by atoms with E-state index >= 15 is 0 Å². The summed E-state index contributed by atoms with van der Waals surface area (Å²) in [6.07, 6.45) is 3.10. The molecule has 0 bridgehead atoms. The molecule has 126 valence electrons. The van der Waals surface area contributed by atoms with E-state index in [4.69, 9.17) is 0 Å². The topological polar surface area (TPSA) is 51.1 Å². The second kappa shape index (κ2) is 6.20. The van der Waals surface area contributed by atoms with E-state index in [9.17, 15) is 9.59 Å². The monoisotopic (exact) mass is 332 g/mol. The lowest BCUT2D eigenvalue weighted by atomic mass is 9.85. The molecule has 1 aromatic heterocycles. The number of nitrogens with zero attached hydrogens (tertiary/aromatic N) is 1. The fourth-order valence-corrected chi connectivity index (χ4v) is 3.33. The number of benzene rings is 2. The normalized spacial score (nSPS) is 14.3. The Labute approximate surface area is 146 Å². The van der Waals surface area contributed by atoms with Gasteiger partial charge in [-0.05, 0) is 56.2 Å². The van der Waals surface area contributed by atoms with Gasteiger partial charge in [-0.2, -0.15) is 0 Å². The molecule has 25 heavy (non-hydrogen) atoms. The van der Waals surface area contributed by atoms with Crippen LogP contribution in [0.1, 0.15) is 35.3 Å². The number of carbonyl (C=O) groups is 2. The number of nitrogens with one attached hydrogen (secondary N) is 1. The molecule has 4 heteroatoms. The Morgan fingerprint density at radius 2 is 1.80 bits per heavy atom. The highest BCUT2D eigenvalue weighted by Crippen LogP contribution is 2.29. The van der Waals surface area contributed by atoms with Gasteiger partial charge in [0.15, 0.2) is 0 Å². The number of aromatic nitrogens is 1. The van der Waals surface area contributed by atoms with E-state index in [1.807, 2.05) is 61.5 Å². The van der Waals surface area contributed by atoms with Crippen molar-refractivity contribution in [1.82, 2.24) is 4.57 Å². The number of rotatable bonds is 3. The summed E-state index contributed by atoms with van der Waals surface area (Å²) in [5.41, 5.74) is 3.18. The van der Waals surface area contributed by atoms with E-state index in [1.54, 1.807) is 4.57 Å². The molecule has 3 aromatic rings. The van der Waals surface area contributed by atoms with Crippen molar-refractivity contribution in [1.29, 1.82) is 0 Å². The summed E-state index contributed by atoms with van der Waals surface area (Å²) in [6.45, 7) is 1.92. The Kier molecular flexibility index (Phi) is 3.88. The third-order valence-electron chi connectivity index (χ3n) is 4.95. The summed E-state index contributed by atoms with van der Waals surface area (Å²) in [6, 6.07) is 17.0. The zero-order valence-electron chi connectivity index (χ0n) is 14.2. The van der Waals surface area contributed by atoms with Crippen molar-refractivity contribution < 1.29 is 9.59 Å². The lowest BCUT2D eigenvalue weighted by Gasteiger charge is -2.24. The van der Waals surface area contributed by atoms with Gasteiger partial charge in [-0.3, -0.25) is 14.2 Å². The Balaban J connectivity index is 1.66. The smallest absolute Gasteiger partial charge is 0.262 e. The Morgan fingerprint density at radius 3 is 2.48 bits per heavy atom. The molecule has 0 atom stereocenters. The Morgan fingerprint density at radius 1 is 1.04 bits per heavy atom. The second-order valence-electron chi connectivity index (χ2n) is 6.68. The summed E-state index contributed by atoms with van der Waals surface area (Å²) in [5.74, 6) is 0.211. The van der Waals surface area contributed by atoms with Gasteiger partial charge in [-0.25, -0.2) is 0 Å². The Bertz CT molecular complexity index is 953. The van der Waals surface area contributed by atoms with Crippen LogP contribution in [0.3, 0.4) is 0 Å². The van der Waals surface area contributed by atoms with Crippen LogP contribution in [0.2, 0.25) is 0 Å². The first kappa shape index (κ1) is 15.6. The van der Waals surface area contributed by atoms with Gasteiger partial charge in [0.25, 0.3) is 5.91 Å². The van der Waals surface area contributed by atoms with Crippen LogP contribution in [0.25, 0.3) is 10.9 Å². The SMILES string of the molecule is Cc1cc2cc(NC(=O)C3CCC3)ccc2n1C(=O)c1ccccc1. The molecule has 1 N–H and O–H groups in total. The minimum Gasteiger partial charge on any atom is -0.326 e. The lowest BCUT2D eigenvalue weighted by Crippen LogP contribution is -2.27. The van der Waals surface area contributed by atoms with Crippen LogP contribution in [0, 0.1) is 12.8 Å². The molecule has 4 nitrogen and oxygen atoms in total. The van der Waals surface area contributed by atoms with E-state index < -0.39 is 0 Å². The lowest BCUT2D eigenvalue weighted by molar-refractivity contribution is -0.122. The first-order chi connectivity index (χ1) is 12.1. The van der Waals surface area contributed by atoms with Gasteiger partial charge in [-0.1, -0.05) is 24.6 Å². The molecule has 1 aliphatic rings. The zero-order valence-corrected chi connectivity index (χ0v) is 14.2. The molecule has 0 spiro atoms. The van der Waals surface area contributed by atoms with Crippen molar-refractivity contribution in [3.8, 4) is 0 Å². The number of anilines is 1. The third-order valence-corrected chi connectivity index (χ3v) is 4.95. The predicted octanol–water partition coefficient (Wildman–Crippen LogP) is 4.38. The van der Waals surface area contributed by atoms with Crippen molar-refractivity contribution in [2.24, 2.45) is 5.92 Å². The quantitative estimate of drug-likeness (QED) is 0.774. The van der Waals surface area contributed by atoms with Gasteiger partial charge in [-0.15, -0.1) is 0 Å². The molecule has 0 saturated heterocycles. The largest absolute Gasteiger partial charge is 0.326 e. The van der Waals surface area contributed by atoms with E-state index in [0.29, 0.717) is 5.56 Å². The minimum atomic E-state index is -0.0423. The fraction of sp³-hybridized carbons (Fsp3) is 0.238. The maximum absolute atomic E-state index is 12.8. The van der Waals surface area contributed by atoms with Crippen LogP contribution in [-0.2, 0) is 4.79 Å². The number of hydrogen-bond acceptors (Lipinski definition) is 2. The van der Waals surface area contributed by atoms with E-state index in [-0.39, 0.29) is 17.7 Å². The van der Waals surface area contributed by atoms with Crippen LogP contribution < -0.4 is 5.32 Å². The van der Waals surface area contributed by atoms with Gasteiger partial charge >= 0.3 is 0 Å². The van der Waals surface area contributed by atoms with Gasteiger partial charge in [0.2, 0.25) is 5.91 Å². The molecule has 1 saturated carbocycles. The van der Waals surface area contributed by atoms with Crippen LogP contribution in [0.15, 0.2) is 54.6 Å². The summed E-state index contributed by atoms with van der Waals surface area (Å²) in [7, 11) is 0. The molecule has 0 radical (unpaired) electrons.